The van der Waals surface area contributed by atoms with Crippen molar-refractivity contribution < 1.29 is 27.8 Å². The molecule has 0 aliphatic carbocycles. The Bertz CT molecular complexity index is 579. The maximum atomic E-state index is 12.6. The maximum absolute atomic E-state index is 12.6. The number of aliphatic carboxylic acids is 1. The van der Waals surface area contributed by atoms with Crippen molar-refractivity contribution in [3.8, 4) is 0 Å². The molecule has 2 heterocycles. The molecule has 2 aliphatic heterocycles. The maximum Gasteiger partial charge on any atom is 0.389 e. The van der Waals surface area contributed by atoms with Crippen molar-refractivity contribution in [3.05, 3.63) is 23.0 Å². The normalized spacial score (nSPS) is 22.1. The predicted molar refractivity (Wildman–Crippen MR) is 91.4 cm³/mol. The SMILES string of the molecule is CC1=C(C(=O)O)C(C(C)C)N(CCCC(F)(F)F)C(N2CCOCC2)=C1. The lowest BCUT2D eigenvalue weighted by Gasteiger charge is -2.46. The third-order valence-corrected chi connectivity index (χ3v) is 4.75. The molecule has 0 radical (unpaired) electrons. The van der Waals surface area contributed by atoms with Crippen LogP contribution < -0.4 is 0 Å². The van der Waals surface area contributed by atoms with E-state index in [2.05, 4.69) is 4.90 Å². The molecule has 5 nitrogen and oxygen atoms in total. The van der Waals surface area contributed by atoms with Crippen LogP contribution in [0, 0.1) is 5.92 Å². The number of carboxylic acids is 1. The zero-order valence-corrected chi connectivity index (χ0v) is 15.5. The van der Waals surface area contributed by atoms with E-state index in [1.165, 1.54) is 0 Å². The van der Waals surface area contributed by atoms with Gasteiger partial charge in [-0.05, 0) is 30.9 Å². The number of ether oxygens (including phenoxy) is 1. The van der Waals surface area contributed by atoms with Gasteiger partial charge < -0.3 is 19.6 Å². The van der Waals surface area contributed by atoms with Gasteiger partial charge in [-0.1, -0.05) is 13.8 Å². The van der Waals surface area contributed by atoms with Crippen molar-refractivity contribution in [2.24, 2.45) is 5.92 Å². The van der Waals surface area contributed by atoms with Crippen LogP contribution in [0.2, 0.25) is 0 Å². The fraction of sp³-hybridized carbons (Fsp3) is 0.722. The van der Waals surface area contributed by atoms with Gasteiger partial charge in [0.15, 0.2) is 0 Å². The Morgan fingerprint density at radius 3 is 2.46 bits per heavy atom. The largest absolute Gasteiger partial charge is 0.478 e. The number of hydrogen-bond donors (Lipinski definition) is 1. The standard InChI is InChI=1S/C18H27F3N2O3/c1-12(2)16-15(17(24)25)13(3)11-14(22-7-9-26-10-8-22)23(16)6-4-5-18(19,20)21/h11-12,16H,4-10H2,1-3H3,(H,24,25). The van der Waals surface area contributed by atoms with E-state index in [-0.39, 0.29) is 24.5 Å². The Hall–Kier alpha value is -1.70. The molecule has 0 bridgehead atoms. The van der Waals surface area contributed by atoms with Crippen LogP contribution >= 0.6 is 0 Å². The second kappa shape index (κ2) is 8.33. The molecule has 1 N–H and O–H groups in total. The van der Waals surface area contributed by atoms with Crippen LogP contribution in [0.25, 0.3) is 0 Å². The lowest BCUT2D eigenvalue weighted by molar-refractivity contribution is -0.137. The Morgan fingerprint density at radius 1 is 1.35 bits per heavy atom. The highest BCUT2D eigenvalue weighted by Crippen LogP contribution is 2.34. The van der Waals surface area contributed by atoms with Gasteiger partial charge >= 0.3 is 12.1 Å². The van der Waals surface area contributed by atoms with Gasteiger partial charge in [-0.25, -0.2) is 4.79 Å². The lowest BCUT2D eigenvalue weighted by Crippen LogP contribution is -2.51. The summed E-state index contributed by atoms with van der Waals surface area (Å²) in [7, 11) is 0. The van der Waals surface area contributed by atoms with Crippen LogP contribution in [0.4, 0.5) is 13.2 Å². The minimum absolute atomic E-state index is 0.0494. The molecule has 0 amide bonds. The van der Waals surface area contributed by atoms with Gasteiger partial charge in [0.25, 0.3) is 0 Å². The molecule has 0 spiro atoms. The number of rotatable bonds is 6. The topological polar surface area (TPSA) is 53.0 Å². The van der Waals surface area contributed by atoms with Crippen molar-refractivity contribution >= 4 is 5.97 Å². The zero-order chi connectivity index (χ0) is 19.5. The number of allylic oxidation sites excluding steroid dienone is 2. The molecular weight excluding hydrogens is 349 g/mol. The van der Waals surface area contributed by atoms with Gasteiger partial charge in [0.2, 0.25) is 0 Å². The molecule has 0 aromatic heterocycles. The van der Waals surface area contributed by atoms with E-state index >= 15 is 0 Å². The van der Waals surface area contributed by atoms with Gasteiger partial charge in [0, 0.05) is 26.1 Å². The number of carboxylic acid groups (broad SMARTS) is 1. The molecule has 148 valence electrons. The highest BCUT2D eigenvalue weighted by Gasteiger charge is 2.37. The highest BCUT2D eigenvalue weighted by molar-refractivity contribution is 5.90. The van der Waals surface area contributed by atoms with Crippen molar-refractivity contribution in [2.75, 3.05) is 32.8 Å². The van der Waals surface area contributed by atoms with E-state index in [0.29, 0.717) is 31.9 Å². The molecule has 0 saturated carbocycles. The van der Waals surface area contributed by atoms with Crippen molar-refractivity contribution in [1.82, 2.24) is 9.80 Å². The predicted octanol–water partition coefficient (Wildman–Crippen LogP) is 3.24. The molecule has 1 saturated heterocycles. The molecule has 1 unspecified atom stereocenters. The number of nitrogens with zero attached hydrogens (tertiary/aromatic N) is 2. The molecule has 1 atom stereocenters. The second-order valence-electron chi connectivity index (χ2n) is 7.10. The number of alkyl halides is 3. The molecular formula is C18H27F3N2O3. The van der Waals surface area contributed by atoms with Crippen molar-refractivity contribution in [1.29, 1.82) is 0 Å². The molecule has 2 rings (SSSR count). The van der Waals surface area contributed by atoms with E-state index in [4.69, 9.17) is 4.74 Å². The van der Waals surface area contributed by atoms with Crippen LogP contribution in [-0.4, -0.2) is 65.9 Å². The minimum Gasteiger partial charge on any atom is -0.478 e. The Balaban J connectivity index is 2.35. The first-order valence-electron chi connectivity index (χ1n) is 8.93. The second-order valence-corrected chi connectivity index (χ2v) is 7.10. The van der Waals surface area contributed by atoms with Gasteiger partial charge in [-0.3, -0.25) is 0 Å². The first-order chi connectivity index (χ1) is 12.1. The number of carbonyl (C=O) groups is 1. The fourth-order valence-corrected chi connectivity index (χ4v) is 3.64. The summed E-state index contributed by atoms with van der Waals surface area (Å²) < 4.78 is 43.2. The Labute approximate surface area is 152 Å². The molecule has 8 heteroatoms. The van der Waals surface area contributed by atoms with E-state index in [1.54, 1.807) is 13.0 Å². The highest BCUT2D eigenvalue weighted by atomic mass is 19.4. The van der Waals surface area contributed by atoms with E-state index < -0.39 is 24.6 Å². The van der Waals surface area contributed by atoms with Crippen LogP contribution in [0.15, 0.2) is 23.0 Å². The first-order valence-corrected chi connectivity index (χ1v) is 8.93. The summed E-state index contributed by atoms with van der Waals surface area (Å²) in [6, 6.07) is -0.455. The smallest absolute Gasteiger partial charge is 0.389 e. The zero-order valence-electron chi connectivity index (χ0n) is 15.5. The summed E-state index contributed by atoms with van der Waals surface area (Å²) in [4.78, 5) is 15.7. The monoisotopic (exact) mass is 376 g/mol. The third-order valence-electron chi connectivity index (χ3n) is 4.75. The average Bonchev–Trinajstić information content (AvgIpc) is 2.54. The van der Waals surface area contributed by atoms with Gasteiger partial charge in [-0.2, -0.15) is 13.2 Å². The van der Waals surface area contributed by atoms with Crippen LogP contribution in [-0.2, 0) is 9.53 Å². The lowest BCUT2D eigenvalue weighted by atomic mass is 9.87. The third kappa shape index (κ3) is 4.93. The fourth-order valence-electron chi connectivity index (χ4n) is 3.64. The van der Waals surface area contributed by atoms with E-state index in [1.807, 2.05) is 18.7 Å². The summed E-state index contributed by atoms with van der Waals surface area (Å²) in [6.07, 6.45) is -3.37. The quantitative estimate of drug-likeness (QED) is 0.771. The molecule has 0 aromatic carbocycles. The summed E-state index contributed by atoms with van der Waals surface area (Å²) >= 11 is 0. The molecule has 2 aliphatic rings. The van der Waals surface area contributed by atoms with E-state index in [9.17, 15) is 23.1 Å². The number of halogens is 3. The van der Waals surface area contributed by atoms with Gasteiger partial charge in [0.05, 0.1) is 24.8 Å². The van der Waals surface area contributed by atoms with Crippen LogP contribution in [0.1, 0.15) is 33.6 Å². The van der Waals surface area contributed by atoms with Crippen LogP contribution in [0.5, 0.6) is 0 Å². The summed E-state index contributed by atoms with van der Waals surface area (Å²) in [5.74, 6) is -0.261. The van der Waals surface area contributed by atoms with E-state index in [0.717, 1.165) is 5.82 Å². The molecule has 26 heavy (non-hydrogen) atoms. The summed E-state index contributed by atoms with van der Waals surface area (Å²) in [6.45, 7) is 8.11. The van der Waals surface area contributed by atoms with Crippen molar-refractivity contribution in [2.45, 2.75) is 45.8 Å². The van der Waals surface area contributed by atoms with Gasteiger partial charge in [-0.15, -0.1) is 0 Å². The molecule has 1 fully saturated rings. The first kappa shape index (κ1) is 20.6. The Kier molecular flexibility index (Phi) is 6.60. The number of morpholine rings is 1. The summed E-state index contributed by atoms with van der Waals surface area (Å²) in [5.41, 5.74) is 0.925. The van der Waals surface area contributed by atoms with Crippen LogP contribution in [0.3, 0.4) is 0 Å². The summed E-state index contributed by atoms with van der Waals surface area (Å²) in [5, 5.41) is 9.67. The van der Waals surface area contributed by atoms with Gasteiger partial charge in [0.1, 0.15) is 5.82 Å². The Morgan fingerprint density at radius 2 is 1.96 bits per heavy atom. The minimum atomic E-state index is -4.21. The molecule has 0 aromatic rings. The number of hydrogen-bond acceptors (Lipinski definition) is 4. The van der Waals surface area contributed by atoms with Crippen molar-refractivity contribution in [3.63, 3.8) is 0 Å². The average molecular weight is 376 g/mol.